The summed E-state index contributed by atoms with van der Waals surface area (Å²) in [7, 11) is 0. The summed E-state index contributed by atoms with van der Waals surface area (Å²) in [5.74, 6) is 0. The Labute approximate surface area is 84.4 Å². The van der Waals surface area contributed by atoms with Crippen molar-refractivity contribution in [1.29, 1.82) is 0 Å². The summed E-state index contributed by atoms with van der Waals surface area (Å²) in [6.07, 6.45) is 5.54. The summed E-state index contributed by atoms with van der Waals surface area (Å²) in [4.78, 5) is 2.59. The van der Waals surface area contributed by atoms with Gasteiger partial charge in [-0.1, -0.05) is 39.5 Å². The SMILES string of the molecule is CCCCCC.C[CH2][Ga]([NH2])[CH2]C. The van der Waals surface area contributed by atoms with Gasteiger partial charge in [-0.2, -0.15) is 0 Å². The van der Waals surface area contributed by atoms with Crippen LogP contribution in [0.25, 0.3) is 0 Å². The Morgan fingerprint density at radius 2 is 1.17 bits per heavy atom. The van der Waals surface area contributed by atoms with Crippen molar-refractivity contribution in [3.8, 4) is 0 Å². The van der Waals surface area contributed by atoms with Gasteiger partial charge >= 0.3 is 44.7 Å². The van der Waals surface area contributed by atoms with Crippen molar-refractivity contribution in [3.63, 3.8) is 0 Å². The second-order valence-corrected chi connectivity index (χ2v) is 9.90. The van der Waals surface area contributed by atoms with E-state index in [0.29, 0.717) is 0 Å². The van der Waals surface area contributed by atoms with Gasteiger partial charge in [0, 0.05) is 0 Å². The minimum atomic E-state index is -1.04. The maximum atomic E-state index is 5.66. The van der Waals surface area contributed by atoms with Crippen LogP contribution >= 0.6 is 0 Å². The summed E-state index contributed by atoms with van der Waals surface area (Å²) >= 11 is -1.04. The number of hydrogen-bond acceptors (Lipinski definition) is 1. The molecule has 0 amide bonds. The van der Waals surface area contributed by atoms with Crippen LogP contribution in [0.2, 0.25) is 9.95 Å². The van der Waals surface area contributed by atoms with Gasteiger partial charge in [-0.15, -0.1) is 0 Å². The van der Waals surface area contributed by atoms with Crippen molar-refractivity contribution in [2.45, 2.75) is 63.3 Å². The van der Waals surface area contributed by atoms with Crippen LogP contribution in [0.5, 0.6) is 0 Å². The van der Waals surface area contributed by atoms with Crippen LogP contribution in [0.1, 0.15) is 53.4 Å². The second kappa shape index (κ2) is 14.1. The molecule has 0 radical (unpaired) electrons. The molecule has 2 N–H and O–H groups in total. The fourth-order valence-corrected chi connectivity index (χ4v) is 2.00. The number of rotatable bonds is 5. The molecule has 0 fully saturated rings. The molecule has 0 aliphatic rings. The molecule has 74 valence electrons. The monoisotopic (exact) mass is 229 g/mol. The van der Waals surface area contributed by atoms with Gasteiger partial charge in [0.05, 0.1) is 0 Å². The molecular weight excluding hydrogens is 204 g/mol. The quantitative estimate of drug-likeness (QED) is 0.567. The van der Waals surface area contributed by atoms with Gasteiger partial charge < -0.3 is 0 Å². The van der Waals surface area contributed by atoms with Crippen LogP contribution in [0.4, 0.5) is 0 Å². The molecule has 2 heteroatoms. The molecule has 12 heavy (non-hydrogen) atoms. The molecule has 0 aliphatic carbocycles. The van der Waals surface area contributed by atoms with Crippen molar-refractivity contribution in [3.05, 3.63) is 0 Å². The summed E-state index contributed by atoms with van der Waals surface area (Å²) < 4.78 is 5.66. The zero-order valence-electron chi connectivity index (χ0n) is 9.40. The van der Waals surface area contributed by atoms with E-state index in [1.165, 1.54) is 35.6 Å². The molecule has 0 aromatic carbocycles. The average Bonchev–Trinajstić information content (AvgIpc) is 2.14. The van der Waals surface area contributed by atoms with Gasteiger partial charge in [-0.3, -0.25) is 0 Å². The third-order valence-electron chi connectivity index (χ3n) is 2.01. The Morgan fingerprint density at radius 1 is 0.833 bits per heavy atom. The molecule has 0 heterocycles. The summed E-state index contributed by atoms with van der Waals surface area (Å²) in [5, 5.41) is 0. The average molecular weight is 230 g/mol. The molecule has 1 nitrogen and oxygen atoms in total. The van der Waals surface area contributed by atoms with Gasteiger partial charge in [0.25, 0.3) is 0 Å². The Hall–Kier alpha value is 0.596. The zero-order chi connectivity index (χ0) is 9.82. The van der Waals surface area contributed by atoms with E-state index < -0.39 is 16.5 Å². The van der Waals surface area contributed by atoms with E-state index >= 15 is 0 Å². The fourth-order valence-electron chi connectivity index (χ4n) is 0.789. The van der Waals surface area contributed by atoms with E-state index in [9.17, 15) is 0 Å². The summed E-state index contributed by atoms with van der Waals surface area (Å²) in [5.41, 5.74) is 0. The zero-order valence-corrected chi connectivity index (χ0v) is 11.8. The molecule has 0 bridgehead atoms. The third-order valence-corrected chi connectivity index (χ3v) is 6.41. The van der Waals surface area contributed by atoms with Crippen molar-refractivity contribution in [1.82, 2.24) is 0 Å². The van der Waals surface area contributed by atoms with Gasteiger partial charge in [-0.05, 0) is 0 Å². The first kappa shape index (κ1) is 15.1. The molecule has 0 aromatic heterocycles. The molecule has 0 saturated heterocycles. The number of hydrogen-bond donors (Lipinski definition) is 1. The van der Waals surface area contributed by atoms with Crippen molar-refractivity contribution in [2.75, 3.05) is 0 Å². The maximum absolute atomic E-state index is 5.66. The first-order chi connectivity index (χ1) is 5.72. The van der Waals surface area contributed by atoms with E-state index in [4.69, 9.17) is 4.44 Å². The van der Waals surface area contributed by atoms with Crippen LogP contribution in [-0.2, 0) is 0 Å². The predicted molar refractivity (Wildman–Crippen MR) is 60.7 cm³/mol. The topological polar surface area (TPSA) is 26.0 Å². The van der Waals surface area contributed by atoms with E-state index in [2.05, 4.69) is 27.7 Å². The standard InChI is InChI=1S/C6H14.2C2H5.Ga.H2N/c1-3-5-6-4-2;2*1-2;;/h3-6H2,1-2H3;2*1H2,2H3;;1H2/q;;;+1;-1. The van der Waals surface area contributed by atoms with Gasteiger partial charge in [0.2, 0.25) is 0 Å². The van der Waals surface area contributed by atoms with Crippen LogP contribution < -0.4 is 4.44 Å². The number of nitrogens with two attached hydrogens (primary N) is 1. The van der Waals surface area contributed by atoms with Gasteiger partial charge in [0.1, 0.15) is 0 Å². The van der Waals surface area contributed by atoms with Gasteiger partial charge in [0.15, 0.2) is 0 Å². The van der Waals surface area contributed by atoms with E-state index in [1.54, 1.807) is 0 Å². The molecular formula is C10H26GaN. The summed E-state index contributed by atoms with van der Waals surface area (Å²) in [6.45, 7) is 8.84. The van der Waals surface area contributed by atoms with E-state index in [0.717, 1.165) is 0 Å². The summed E-state index contributed by atoms with van der Waals surface area (Å²) in [6, 6.07) is 0. The minimum absolute atomic E-state index is 1.04. The molecule has 0 rings (SSSR count). The Balaban J connectivity index is 0. The Kier molecular flexibility index (Phi) is 17.8. The molecule has 0 unspecified atom stereocenters. The molecule has 0 spiro atoms. The van der Waals surface area contributed by atoms with E-state index in [1.807, 2.05) is 0 Å². The van der Waals surface area contributed by atoms with Crippen LogP contribution in [0.3, 0.4) is 0 Å². The molecule has 0 aliphatic heterocycles. The van der Waals surface area contributed by atoms with E-state index in [-0.39, 0.29) is 0 Å². The number of unbranched alkanes of at least 4 members (excludes halogenated alkanes) is 3. The van der Waals surface area contributed by atoms with Crippen molar-refractivity contribution >= 4 is 16.5 Å². The van der Waals surface area contributed by atoms with Crippen LogP contribution in [0, 0.1) is 0 Å². The van der Waals surface area contributed by atoms with Crippen LogP contribution in [0.15, 0.2) is 0 Å². The van der Waals surface area contributed by atoms with Gasteiger partial charge in [-0.25, -0.2) is 0 Å². The first-order valence-corrected chi connectivity index (χ1v) is 10.3. The predicted octanol–water partition coefficient (Wildman–Crippen LogP) is 3.56. The second-order valence-electron chi connectivity index (χ2n) is 3.28. The van der Waals surface area contributed by atoms with Crippen LogP contribution in [-0.4, -0.2) is 16.5 Å². The van der Waals surface area contributed by atoms with Crippen molar-refractivity contribution < 1.29 is 0 Å². The first-order valence-electron chi connectivity index (χ1n) is 5.48. The third kappa shape index (κ3) is 16.9. The normalized spacial score (nSPS) is 8.75. The van der Waals surface area contributed by atoms with Crippen molar-refractivity contribution in [2.24, 2.45) is 4.44 Å². The fraction of sp³-hybridized carbons (Fsp3) is 1.00. The molecule has 0 aromatic rings. The molecule has 0 saturated carbocycles. The Bertz CT molecular complexity index is 58.9. The molecule has 0 atom stereocenters. The Morgan fingerprint density at radius 3 is 1.25 bits per heavy atom.